The molecule has 2 N–H and O–H groups in total. The quantitative estimate of drug-likeness (QED) is 0.214. The number of methoxy groups -OCH3 is 1. The van der Waals surface area contributed by atoms with Gasteiger partial charge in [-0.2, -0.15) is 8.78 Å². The third-order valence-corrected chi connectivity index (χ3v) is 4.65. The largest absolute Gasteiger partial charge is 0.497 e. The van der Waals surface area contributed by atoms with Crippen molar-refractivity contribution in [1.29, 1.82) is 0 Å². The first kappa shape index (κ1) is 26.4. The summed E-state index contributed by atoms with van der Waals surface area (Å²) >= 11 is 0. The van der Waals surface area contributed by atoms with E-state index in [0.29, 0.717) is 36.9 Å². The van der Waals surface area contributed by atoms with E-state index in [4.69, 9.17) is 4.74 Å². The van der Waals surface area contributed by atoms with Gasteiger partial charge in [-0.3, -0.25) is 0 Å². The molecule has 0 atom stereocenters. The molecule has 33 heavy (non-hydrogen) atoms. The molecule has 0 bridgehead atoms. The zero-order valence-electron chi connectivity index (χ0n) is 18.5. The number of rotatable bonds is 10. The van der Waals surface area contributed by atoms with Crippen LogP contribution in [0.1, 0.15) is 23.9 Å². The number of hydrogen-bond donors (Lipinski definition) is 2. The van der Waals surface area contributed by atoms with Gasteiger partial charge in [0, 0.05) is 31.0 Å². The minimum Gasteiger partial charge on any atom is -0.497 e. The summed E-state index contributed by atoms with van der Waals surface area (Å²) in [6.45, 7) is 0.967. The summed E-state index contributed by atoms with van der Waals surface area (Å²) in [6, 6.07) is 14.8. The van der Waals surface area contributed by atoms with Gasteiger partial charge in [-0.05, 0) is 30.7 Å². The number of nitrogens with one attached hydrogen (secondary N) is 2. The highest BCUT2D eigenvalue weighted by molar-refractivity contribution is 14.0. The SMILES string of the molecule is CCNC(=NCc1cc(OC)ccc1OC(F)F)NCc1nccn1Cc1ccccc1.I. The molecule has 3 aromatic rings. The van der Waals surface area contributed by atoms with Crippen LogP contribution in [0.25, 0.3) is 0 Å². The fourth-order valence-electron chi connectivity index (χ4n) is 3.12. The summed E-state index contributed by atoms with van der Waals surface area (Å²) in [4.78, 5) is 8.95. The van der Waals surface area contributed by atoms with Gasteiger partial charge in [0.2, 0.25) is 0 Å². The molecule has 0 aliphatic rings. The van der Waals surface area contributed by atoms with E-state index in [1.54, 1.807) is 18.3 Å². The first-order valence-electron chi connectivity index (χ1n) is 10.3. The van der Waals surface area contributed by atoms with Gasteiger partial charge in [-0.1, -0.05) is 30.3 Å². The van der Waals surface area contributed by atoms with Gasteiger partial charge in [0.25, 0.3) is 0 Å². The molecule has 1 aromatic heterocycles. The van der Waals surface area contributed by atoms with E-state index in [0.717, 1.165) is 5.82 Å². The highest BCUT2D eigenvalue weighted by atomic mass is 127. The Hall–Kier alpha value is -2.89. The molecule has 3 rings (SSSR count). The molecule has 0 fully saturated rings. The molecule has 0 unspecified atom stereocenters. The Balaban J connectivity index is 0.00000385. The minimum atomic E-state index is -2.92. The molecule has 10 heteroatoms. The van der Waals surface area contributed by atoms with Crippen molar-refractivity contribution in [3.8, 4) is 11.5 Å². The first-order valence-corrected chi connectivity index (χ1v) is 10.3. The molecule has 0 spiro atoms. The van der Waals surface area contributed by atoms with E-state index in [2.05, 4.69) is 42.0 Å². The highest BCUT2D eigenvalue weighted by Crippen LogP contribution is 2.26. The number of hydrogen-bond acceptors (Lipinski definition) is 4. The molecule has 178 valence electrons. The van der Waals surface area contributed by atoms with Gasteiger partial charge in [0.05, 0.1) is 20.2 Å². The Morgan fingerprint density at radius 2 is 1.94 bits per heavy atom. The lowest BCUT2D eigenvalue weighted by Crippen LogP contribution is -2.37. The van der Waals surface area contributed by atoms with E-state index >= 15 is 0 Å². The maximum atomic E-state index is 12.8. The summed E-state index contributed by atoms with van der Waals surface area (Å²) in [6.07, 6.45) is 3.69. The molecule has 1 heterocycles. The van der Waals surface area contributed by atoms with E-state index in [-0.39, 0.29) is 36.3 Å². The molecule has 0 saturated carbocycles. The lowest BCUT2D eigenvalue weighted by atomic mass is 10.2. The van der Waals surface area contributed by atoms with Gasteiger partial charge in [0.1, 0.15) is 17.3 Å². The predicted molar refractivity (Wildman–Crippen MR) is 134 cm³/mol. The normalized spacial score (nSPS) is 11.1. The Morgan fingerprint density at radius 3 is 2.64 bits per heavy atom. The molecular weight excluding hydrogens is 543 g/mol. The summed E-state index contributed by atoms with van der Waals surface area (Å²) in [5.74, 6) is 1.99. The predicted octanol–water partition coefficient (Wildman–Crippen LogP) is 4.41. The molecule has 0 amide bonds. The lowest BCUT2D eigenvalue weighted by molar-refractivity contribution is -0.0504. The van der Waals surface area contributed by atoms with Crippen molar-refractivity contribution in [2.24, 2.45) is 4.99 Å². The number of alkyl halides is 2. The van der Waals surface area contributed by atoms with Gasteiger partial charge >= 0.3 is 6.61 Å². The third-order valence-electron chi connectivity index (χ3n) is 4.65. The first-order chi connectivity index (χ1) is 15.6. The van der Waals surface area contributed by atoms with Gasteiger partial charge in [-0.15, -0.1) is 24.0 Å². The fraction of sp³-hybridized carbons (Fsp3) is 0.304. The van der Waals surface area contributed by atoms with Gasteiger partial charge in [0.15, 0.2) is 5.96 Å². The van der Waals surface area contributed by atoms with E-state index in [1.165, 1.54) is 18.7 Å². The topological polar surface area (TPSA) is 72.7 Å². The van der Waals surface area contributed by atoms with Gasteiger partial charge < -0.3 is 24.7 Å². The van der Waals surface area contributed by atoms with Crippen molar-refractivity contribution in [2.45, 2.75) is 33.2 Å². The van der Waals surface area contributed by atoms with Crippen LogP contribution in [0.4, 0.5) is 8.78 Å². The maximum Gasteiger partial charge on any atom is 0.387 e. The summed E-state index contributed by atoms with van der Waals surface area (Å²) in [5, 5.41) is 6.40. The Morgan fingerprint density at radius 1 is 1.15 bits per heavy atom. The van der Waals surface area contributed by atoms with Crippen LogP contribution in [0.3, 0.4) is 0 Å². The lowest BCUT2D eigenvalue weighted by Gasteiger charge is -2.14. The van der Waals surface area contributed by atoms with Crippen molar-refractivity contribution in [1.82, 2.24) is 20.2 Å². The second kappa shape index (κ2) is 13.6. The molecule has 0 aliphatic heterocycles. The molecule has 0 saturated heterocycles. The number of nitrogens with zero attached hydrogens (tertiary/aromatic N) is 3. The van der Waals surface area contributed by atoms with Crippen LogP contribution in [0.15, 0.2) is 65.9 Å². The van der Waals surface area contributed by atoms with Crippen LogP contribution in [0.2, 0.25) is 0 Å². The van der Waals surface area contributed by atoms with Crippen LogP contribution < -0.4 is 20.1 Å². The second-order valence-corrected chi connectivity index (χ2v) is 6.86. The van der Waals surface area contributed by atoms with Crippen molar-refractivity contribution in [3.63, 3.8) is 0 Å². The molecule has 7 nitrogen and oxygen atoms in total. The number of ether oxygens (including phenoxy) is 2. The maximum absolute atomic E-state index is 12.8. The van der Waals surface area contributed by atoms with Gasteiger partial charge in [-0.25, -0.2) is 9.98 Å². The number of aromatic nitrogens is 2. The van der Waals surface area contributed by atoms with Crippen LogP contribution in [-0.4, -0.2) is 35.8 Å². The van der Waals surface area contributed by atoms with E-state index < -0.39 is 6.61 Å². The standard InChI is InChI=1S/C23H27F2N5O2.HI/c1-3-26-23(28-14-18-13-19(31-2)9-10-20(18)32-22(24)25)29-15-21-27-11-12-30(21)16-17-7-5-4-6-8-17;/h4-13,22H,3,14-16H2,1-2H3,(H2,26,28,29);1H. The third kappa shape index (κ3) is 8.19. The summed E-state index contributed by atoms with van der Waals surface area (Å²) in [7, 11) is 1.51. The Bertz CT molecular complexity index is 1020. The van der Waals surface area contributed by atoms with Crippen LogP contribution in [0, 0.1) is 0 Å². The average molecular weight is 571 g/mol. The highest BCUT2D eigenvalue weighted by Gasteiger charge is 2.12. The van der Waals surface area contributed by atoms with E-state index in [9.17, 15) is 8.78 Å². The monoisotopic (exact) mass is 571 g/mol. The zero-order chi connectivity index (χ0) is 22.8. The number of aliphatic imine (C=N–C) groups is 1. The van der Waals surface area contributed by atoms with Crippen molar-refractivity contribution < 1.29 is 18.3 Å². The molecular formula is C23H28F2IN5O2. The van der Waals surface area contributed by atoms with Crippen molar-refractivity contribution >= 4 is 29.9 Å². The Labute approximate surface area is 209 Å². The molecule has 0 radical (unpaired) electrons. The number of guanidine groups is 1. The van der Waals surface area contributed by atoms with Crippen molar-refractivity contribution in [2.75, 3.05) is 13.7 Å². The summed E-state index contributed by atoms with van der Waals surface area (Å²) in [5.41, 5.74) is 1.67. The Kier molecular flexibility index (Phi) is 10.9. The smallest absolute Gasteiger partial charge is 0.387 e. The fourth-order valence-corrected chi connectivity index (χ4v) is 3.12. The van der Waals surface area contributed by atoms with E-state index in [1.807, 2.05) is 31.3 Å². The average Bonchev–Trinajstić information content (AvgIpc) is 3.23. The van der Waals surface area contributed by atoms with Crippen LogP contribution in [0.5, 0.6) is 11.5 Å². The van der Waals surface area contributed by atoms with Crippen LogP contribution in [-0.2, 0) is 19.6 Å². The minimum absolute atomic E-state index is 0. The zero-order valence-corrected chi connectivity index (χ0v) is 20.8. The number of imidazole rings is 1. The van der Waals surface area contributed by atoms with Crippen LogP contribution >= 0.6 is 24.0 Å². The second-order valence-electron chi connectivity index (χ2n) is 6.86. The molecule has 2 aromatic carbocycles. The number of benzene rings is 2. The summed E-state index contributed by atoms with van der Waals surface area (Å²) < 4.78 is 37.4. The van der Waals surface area contributed by atoms with Crippen molar-refractivity contribution in [3.05, 3.63) is 77.9 Å². The molecule has 0 aliphatic carbocycles. The number of halogens is 3.